The van der Waals surface area contributed by atoms with E-state index < -0.39 is 23.7 Å². The second-order valence-corrected chi connectivity index (χ2v) is 8.62. The average molecular weight is 461 g/mol. The summed E-state index contributed by atoms with van der Waals surface area (Å²) in [5, 5.41) is 3.24. The maximum absolute atomic E-state index is 13.9. The first-order valence-corrected chi connectivity index (χ1v) is 10.9. The van der Waals surface area contributed by atoms with Crippen LogP contribution in [-0.2, 0) is 21.4 Å². The van der Waals surface area contributed by atoms with E-state index in [2.05, 4.69) is 10.1 Å². The number of primary amides is 1. The van der Waals surface area contributed by atoms with Gasteiger partial charge in [-0.1, -0.05) is 42.5 Å². The molecule has 9 heteroatoms. The Kier molecular flexibility index (Phi) is 6.34. The number of carbonyl (C=O) groups is 2. The number of nitrogens with two attached hydrogens (primary N) is 1. The summed E-state index contributed by atoms with van der Waals surface area (Å²) in [4.78, 5) is 28.1. The summed E-state index contributed by atoms with van der Waals surface area (Å²) in [6, 6.07) is 13.8. The van der Waals surface area contributed by atoms with Crippen LogP contribution in [-0.4, -0.2) is 48.2 Å². The van der Waals surface area contributed by atoms with Gasteiger partial charge < -0.3 is 20.7 Å². The molecule has 33 heavy (non-hydrogen) atoms. The first kappa shape index (κ1) is 23.1. The molecule has 2 atom stereocenters. The second kappa shape index (κ2) is 9.05. The molecule has 0 radical (unpaired) electrons. The zero-order valence-corrected chi connectivity index (χ0v) is 18.0. The van der Waals surface area contributed by atoms with E-state index in [1.54, 1.807) is 4.90 Å². The fourth-order valence-corrected chi connectivity index (χ4v) is 4.59. The Morgan fingerprint density at radius 3 is 2.30 bits per heavy atom. The lowest BCUT2D eigenvalue weighted by Gasteiger charge is -2.37. The van der Waals surface area contributed by atoms with Crippen LogP contribution in [0.3, 0.4) is 0 Å². The van der Waals surface area contributed by atoms with Gasteiger partial charge in [0, 0.05) is 19.0 Å². The lowest BCUT2D eigenvalue weighted by Crippen LogP contribution is -2.57. The third kappa shape index (κ3) is 5.13. The highest BCUT2D eigenvalue weighted by molar-refractivity contribution is 5.95. The number of carbonyl (C=O) groups excluding carboxylic acids is 2. The molecule has 0 unspecified atom stereocenters. The zero-order chi connectivity index (χ0) is 23.6. The molecule has 2 aromatic rings. The SMILES string of the molecule is NC(=O)[C@H](Cc1ccccc1)N(C(=O)C1(c2ccc(OC(F)(F)F)cc2)CC1)[C@H]1CCNC1. The van der Waals surface area contributed by atoms with E-state index in [0.717, 1.165) is 12.1 Å². The summed E-state index contributed by atoms with van der Waals surface area (Å²) in [6.07, 6.45) is -2.68. The van der Waals surface area contributed by atoms with Crippen molar-refractivity contribution in [2.24, 2.45) is 5.73 Å². The third-order valence-electron chi connectivity index (χ3n) is 6.40. The van der Waals surface area contributed by atoms with Gasteiger partial charge in [-0.05, 0) is 49.1 Å². The molecule has 2 aromatic carbocycles. The molecule has 6 nitrogen and oxygen atoms in total. The number of alkyl halides is 3. The number of halogens is 3. The van der Waals surface area contributed by atoms with Crippen molar-refractivity contribution in [1.82, 2.24) is 10.2 Å². The number of hydrogen-bond donors (Lipinski definition) is 2. The number of amides is 2. The van der Waals surface area contributed by atoms with Crippen molar-refractivity contribution in [2.75, 3.05) is 13.1 Å². The van der Waals surface area contributed by atoms with Gasteiger partial charge in [-0.3, -0.25) is 9.59 Å². The second-order valence-electron chi connectivity index (χ2n) is 8.62. The van der Waals surface area contributed by atoms with Crippen molar-refractivity contribution in [2.45, 2.75) is 49.5 Å². The predicted octanol–water partition coefficient (Wildman–Crippen LogP) is 2.90. The number of nitrogens with one attached hydrogen (secondary N) is 1. The molecule has 4 rings (SSSR count). The molecule has 2 amide bonds. The quantitative estimate of drug-likeness (QED) is 0.633. The molecule has 2 fully saturated rings. The third-order valence-corrected chi connectivity index (χ3v) is 6.40. The summed E-state index contributed by atoms with van der Waals surface area (Å²) in [5.74, 6) is -1.13. The van der Waals surface area contributed by atoms with Gasteiger partial charge >= 0.3 is 6.36 Å². The molecule has 1 aliphatic carbocycles. The van der Waals surface area contributed by atoms with E-state index in [9.17, 15) is 22.8 Å². The highest BCUT2D eigenvalue weighted by atomic mass is 19.4. The van der Waals surface area contributed by atoms with Crippen LogP contribution in [0.5, 0.6) is 5.75 Å². The van der Waals surface area contributed by atoms with Crippen molar-refractivity contribution in [3.05, 3.63) is 65.7 Å². The van der Waals surface area contributed by atoms with Gasteiger partial charge in [0.1, 0.15) is 11.8 Å². The summed E-state index contributed by atoms with van der Waals surface area (Å²) >= 11 is 0. The highest BCUT2D eigenvalue weighted by Gasteiger charge is 2.55. The summed E-state index contributed by atoms with van der Waals surface area (Å²) in [7, 11) is 0. The van der Waals surface area contributed by atoms with Crippen molar-refractivity contribution in [1.29, 1.82) is 0 Å². The van der Waals surface area contributed by atoms with Crippen LogP contribution in [0, 0.1) is 0 Å². The molecule has 1 saturated carbocycles. The van der Waals surface area contributed by atoms with E-state index in [4.69, 9.17) is 5.73 Å². The van der Waals surface area contributed by atoms with Crippen LogP contribution >= 0.6 is 0 Å². The fraction of sp³-hybridized carbons (Fsp3) is 0.417. The van der Waals surface area contributed by atoms with E-state index in [1.807, 2.05) is 30.3 Å². The van der Waals surface area contributed by atoms with Gasteiger partial charge in [-0.15, -0.1) is 13.2 Å². The minimum Gasteiger partial charge on any atom is -0.406 e. The van der Waals surface area contributed by atoms with E-state index in [-0.39, 0.29) is 17.7 Å². The van der Waals surface area contributed by atoms with Crippen LogP contribution in [0.1, 0.15) is 30.4 Å². The first-order valence-electron chi connectivity index (χ1n) is 10.9. The van der Waals surface area contributed by atoms with Crippen molar-refractivity contribution < 1.29 is 27.5 Å². The van der Waals surface area contributed by atoms with E-state index in [1.165, 1.54) is 24.3 Å². The molecular weight excluding hydrogens is 435 g/mol. The van der Waals surface area contributed by atoms with Crippen LogP contribution in [0.25, 0.3) is 0 Å². The molecule has 176 valence electrons. The van der Waals surface area contributed by atoms with Crippen LogP contribution in [0.2, 0.25) is 0 Å². The molecule has 2 aliphatic rings. The van der Waals surface area contributed by atoms with Crippen molar-refractivity contribution in [3.8, 4) is 5.75 Å². The van der Waals surface area contributed by atoms with Crippen molar-refractivity contribution >= 4 is 11.8 Å². The largest absolute Gasteiger partial charge is 0.573 e. The Morgan fingerprint density at radius 1 is 1.12 bits per heavy atom. The Morgan fingerprint density at radius 2 is 1.79 bits per heavy atom. The van der Waals surface area contributed by atoms with Crippen LogP contribution in [0.4, 0.5) is 13.2 Å². The lowest BCUT2D eigenvalue weighted by atomic mass is 9.91. The molecule has 0 spiro atoms. The lowest BCUT2D eigenvalue weighted by molar-refractivity contribution is -0.274. The molecule has 0 bridgehead atoms. The smallest absolute Gasteiger partial charge is 0.406 e. The summed E-state index contributed by atoms with van der Waals surface area (Å²) in [6.45, 7) is 1.28. The summed E-state index contributed by atoms with van der Waals surface area (Å²) < 4.78 is 41.5. The van der Waals surface area contributed by atoms with Crippen LogP contribution in [0.15, 0.2) is 54.6 Å². The zero-order valence-electron chi connectivity index (χ0n) is 18.0. The van der Waals surface area contributed by atoms with Crippen molar-refractivity contribution in [3.63, 3.8) is 0 Å². The maximum Gasteiger partial charge on any atom is 0.573 e. The van der Waals surface area contributed by atoms with Gasteiger partial charge in [-0.2, -0.15) is 0 Å². The normalized spacial score (nSPS) is 20.2. The predicted molar refractivity (Wildman–Crippen MR) is 115 cm³/mol. The highest BCUT2D eigenvalue weighted by Crippen LogP contribution is 2.50. The fourth-order valence-electron chi connectivity index (χ4n) is 4.59. The topological polar surface area (TPSA) is 84.7 Å². The monoisotopic (exact) mass is 461 g/mol. The number of rotatable bonds is 8. The average Bonchev–Trinajstić information content (AvgIpc) is 3.41. The number of ether oxygens (including phenoxy) is 1. The Hall–Kier alpha value is -3.07. The molecule has 3 N–H and O–H groups in total. The van der Waals surface area contributed by atoms with Gasteiger partial charge in [0.2, 0.25) is 11.8 Å². The minimum atomic E-state index is -4.78. The van der Waals surface area contributed by atoms with Gasteiger partial charge in [0.25, 0.3) is 0 Å². The Labute approximate surface area is 189 Å². The summed E-state index contributed by atoms with van der Waals surface area (Å²) in [5.41, 5.74) is 6.43. The minimum absolute atomic E-state index is 0.191. The molecule has 0 aromatic heterocycles. The van der Waals surface area contributed by atoms with Gasteiger partial charge in [-0.25, -0.2) is 0 Å². The molecule has 1 saturated heterocycles. The standard InChI is InChI=1S/C24H26F3N3O3/c25-24(26,27)33-19-8-6-17(7-9-19)23(11-12-23)22(32)30(18-10-13-29-15-18)20(21(28)31)14-16-4-2-1-3-5-16/h1-9,18,20,29H,10-15H2,(H2,28,31)/t18-,20-/m0/s1. The Bertz CT molecular complexity index is 986. The van der Waals surface area contributed by atoms with Gasteiger partial charge in [0.15, 0.2) is 0 Å². The first-order chi connectivity index (χ1) is 15.7. The maximum atomic E-state index is 13.9. The van der Waals surface area contributed by atoms with Gasteiger partial charge in [0.05, 0.1) is 5.41 Å². The van der Waals surface area contributed by atoms with E-state index >= 15 is 0 Å². The molecule has 1 heterocycles. The Balaban J connectivity index is 1.63. The molecular formula is C24H26F3N3O3. The van der Waals surface area contributed by atoms with E-state index in [0.29, 0.717) is 37.8 Å². The molecule has 1 aliphatic heterocycles. The number of hydrogen-bond acceptors (Lipinski definition) is 4. The number of nitrogens with zero attached hydrogens (tertiary/aromatic N) is 1. The number of benzene rings is 2. The van der Waals surface area contributed by atoms with Crippen LogP contribution < -0.4 is 15.8 Å².